The predicted octanol–water partition coefficient (Wildman–Crippen LogP) is 1.69. The lowest BCUT2D eigenvalue weighted by molar-refractivity contribution is 0.102. The molecule has 7 nitrogen and oxygen atoms in total. The number of hydrogen-bond donors (Lipinski definition) is 2. The van der Waals surface area contributed by atoms with Crippen molar-refractivity contribution in [1.29, 1.82) is 0 Å². The first-order chi connectivity index (χ1) is 9.74. The van der Waals surface area contributed by atoms with Crippen LogP contribution in [0.1, 0.15) is 10.5 Å². The summed E-state index contributed by atoms with van der Waals surface area (Å²) in [6.07, 6.45) is 4.42. The molecule has 1 aromatic carbocycles. The maximum Gasteiger partial charge on any atom is 0.276 e. The number of amides is 1. The van der Waals surface area contributed by atoms with E-state index in [1.165, 1.54) is 12.5 Å². The van der Waals surface area contributed by atoms with Gasteiger partial charge < -0.3 is 15.6 Å². The number of nitrogens with one attached hydrogen (secondary N) is 1. The number of benzene rings is 1. The minimum Gasteiger partial charge on any atom is -0.397 e. The zero-order valence-corrected chi connectivity index (χ0v) is 10.4. The maximum atomic E-state index is 12.0. The van der Waals surface area contributed by atoms with Crippen molar-refractivity contribution >= 4 is 17.3 Å². The highest BCUT2D eigenvalue weighted by Gasteiger charge is 2.12. The summed E-state index contributed by atoms with van der Waals surface area (Å²) in [5.74, 6) is -0.346. The SMILES string of the molecule is Nc1ccccc1-n1ccc(C(=O)Nc2cnoc2)n1. The molecule has 0 aliphatic heterocycles. The average molecular weight is 269 g/mol. The van der Waals surface area contributed by atoms with Crippen LogP contribution in [0.5, 0.6) is 0 Å². The number of nitrogen functional groups attached to an aromatic ring is 1. The van der Waals surface area contributed by atoms with Crippen molar-refractivity contribution in [3.05, 3.63) is 54.7 Å². The van der Waals surface area contributed by atoms with Gasteiger partial charge in [0, 0.05) is 6.20 Å². The lowest BCUT2D eigenvalue weighted by Crippen LogP contribution is -2.12. The van der Waals surface area contributed by atoms with Gasteiger partial charge in [0.2, 0.25) is 0 Å². The molecule has 3 aromatic rings. The van der Waals surface area contributed by atoms with E-state index in [2.05, 4.69) is 20.1 Å². The zero-order chi connectivity index (χ0) is 13.9. The fraction of sp³-hybridized carbons (Fsp3) is 0. The number of aromatic nitrogens is 3. The summed E-state index contributed by atoms with van der Waals surface area (Å²) in [5, 5.41) is 10.3. The van der Waals surface area contributed by atoms with Gasteiger partial charge in [-0.05, 0) is 18.2 Å². The van der Waals surface area contributed by atoms with Gasteiger partial charge in [-0.1, -0.05) is 17.3 Å². The summed E-state index contributed by atoms with van der Waals surface area (Å²) in [4.78, 5) is 12.0. The van der Waals surface area contributed by atoms with Gasteiger partial charge in [-0.25, -0.2) is 4.68 Å². The monoisotopic (exact) mass is 269 g/mol. The lowest BCUT2D eigenvalue weighted by atomic mass is 10.3. The molecule has 20 heavy (non-hydrogen) atoms. The summed E-state index contributed by atoms with van der Waals surface area (Å²) in [7, 11) is 0. The van der Waals surface area contributed by atoms with Gasteiger partial charge in [-0.15, -0.1) is 0 Å². The summed E-state index contributed by atoms with van der Waals surface area (Å²) in [6, 6.07) is 8.89. The quantitative estimate of drug-likeness (QED) is 0.705. The van der Waals surface area contributed by atoms with E-state index in [1.807, 2.05) is 18.2 Å². The average Bonchev–Trinajstić information content (AvgIpc) is 3.10. The number of para-hydroxylation sites is 2. The largest absolute Gasteiger partial charge is 0.397 e. The lowest BCUT2D eigenvalue weighted by Gasteiger charge is -2.04. The van der Waals surface area contributed by atoms with Gasteiger partial charge in [0.05, 0.1) is 17.6 Å². The Kier molecular flexibility index (Phi) is 2.92. The Balaban J connectivity index is 1.83. The number of nitrogens with two attached hydrogens (primary N) is 1. The third kappa shape index (κ3) is 2.24. The normalized spacial score (nSPS) is 10.4. The van der Waals surface area contributed by atoms with Crippen LogP contribution in [0.4, 0.5) is 11.4 Å². The Morgan fingerprint density at radius 2 is 2.15 bits per heavy atom. The van der Waals surface area contributed by atoms with E-state index in [1.54, 1.807) is 23.0 Å². The number of rotatable bonds is 3. The fourth-order valence-electron chi connectivity index (χ4n) is 1.74. The van der Waals surface area contributed by atoms with E-state index in [9.17, 15) is 4.79 Å². The van der Waals surface area contributed by atoms with E-state index in [4.69, 9.17) is 5.73 Å². The molecule has 7 heteroatoms. The van der Waals surface area contributed by atoms with Gasteiger partial charge >= 0.3 is 0 Å². The molecule has 1 amide bonds. The van der Waals surface area contributed by atoms with Crippen molar-refractivity contribution in [2.75, 3.05) is 11.1 Å². The van der Waals surface area contributed by atoms with E-state index >= 15 is 0 Å². The molecule has 0 atom stereocenters. The standard InChI is InChI=1S/C13H11N5O2/c14-10-3-1-2-4-12(10)18-6-5-11(17-18)13(19)16-9-7-15-20-8-9/h1-8H,14H2,(H,16,19). The van der Waals surface area contributed by atoms with Gasteiger partial charge in [0.1, 0.15) is 12.0 Å². The molecule has 3 rings (SSSR count). The number of hydrogen-bond acceptors (Lipinski definition) is 5. The maximum absolute atomic E-state index is 12.0. The molecule has 100 valence electrons. The van der Waals surface area contributed by atoms with E-state index in [0.717, 1.165) is 5.69 Å². The molecule has 0 fully saturated rings. The highest BCUT2D eigenvalue weighted by atomic mass is 16.5. The van der Waals surface area contributed by atoms with Crippen LogP contribution in [0.3, 0.4) is 0 Å². The van der Waals surface area contributed by atoms with Crippen molar-refractivity contribution in [2.45, 2.75) is 0 Å². The van der Waals surface area contributed by atoms with Gasteiger partial charge in [-0.2, -0.15) is 5.10 Å². The molecule has 0 aliphatic carbocycles. The Labute approximate surface area is 114 Å². The van der Waals surface area contributed by atoms with Gasteiger partial charge in [0.25, 0.3) is 5.91 Å². The number of carbonyl (C=O) groups is 1. The second-order valence-corrected chi connectivity index (χ2v) is 4.07. The molecular weight excluding hydrogens is 258 g/mol. The molecule has 0 aliphatic rings. The first kappa shape index (κ1) is 12.0. The predicted molar refractivity (Wildman–Crippen MR) is 72.4 cm³/mol. The molecule has 2 aromatic heterocycles. The topological polar surface area (TPSA) is 99.0 Å². The van der Waals surface area contributed by atoms with Crippen molar-refractivity contribution < 1.29 is 9.32 Å². The van der Waals surface area contributed by atoms with Crippen LogP contribution in [-0.4, -0.2) is 20.8 Å². The Bertz CT molecular complexity index is 733. The van der Waals surface area contributed by atoms with Crippen LogP contribution in [0.25, 0.3) is 5.69 Å². The second kappa shape index (κ2) is 4.88. The molecule has 0 bridgehead atoms. The smallest absolute Gasteiger partial charge is 0.276 e. The van der Waals surface area contributed by atoms with Crippen molar-refractivity contribution in [2.24, 2.45) is 0 Å². The Morgan fingerprint density at radius 1 is 1.30 bits per heavy atom. The summed E-state index contributed by atoms with van der Waals surface area (Å²) >= 11 is 0. The summed E-state index contributed by atoms with van der Waals surface area (Å²) < 4.78 is 6.19. The molecular formula is C13H11N5O2. The third-order valence-corrected chi connectivity index (χ3v) is 2.70. The van der Waals surface area contributed by atoms with Crippen LogP contribution in [0.2, 0.25) is 0 Å². The van der Waals surface area contributed by atoms with Crippen LogP contribution in [0, 0.1) is 0 Å². The first-order valence-corrected chi connectivity index (χ1v) is 5.85. The fourth-order valence-corrected chi connectivity index (χ4v) is 1.74. The van der Waals surface area contributed by atoms with Crippen LogP contribution >= 0.6 is 0 Å². The molecule has 0 radical (unpaired) electrons. The van der Waals surface area contributed by atoms with Crippen molar-refractivity contribution in [3.63, 3.8) is 0 Å². The molecule has 2 heterocycles. The number of nitrogens with zero attached hydrogens (tertiary/aromatic N) is 3. The number of anilines is 2. The van der Waals surface area contributed by atoms with Crippen molar-refractivity contribution in [1.82, 2.24) is 14.9 Å². The second-order valence-electron chi connectivity index (χ2n) is 4.07. The van der Waals surface area contributed by atoms with Crippen LogP contribution in [0.15, 0.2) is 53.5 Å². The Morgan fingerprint density at radius 3 is 2.90 bits per heavy atom. The number of carbonyl (C=O) groups excluding carboxylic acids is 1. The van der Waals surface area contributed by atoms with E-state index in [0.29, 0.717) is 11.4 Å². The highest BCUT2D eigenvalue weighted by Crippen LogP contribution is 2.16. The molecule has 0 saturated heterocycles. The zero-order valence-electron chi connectivity index (χ0n) is 10.4. The van der Waals surface area contributed by atoms with Gasteiger partial charge in [0.15, 0.2) is 5.69 Å². The molecule has 0 unspecified atom stereocenters. The van der Waals surface area contributed by atoms with E-state index in [-0.39, 0.29) is 11.6 Å². The van der Waals surface area contributed by atoms with Gasteiger partial charge in [-0.3, -0.25) is 4.79 Å². The highest BCUT2D eigenvalue weighted by molar-refractivity contribution is 6.02. The summed E-state index contributed by atoms with van der Waals surface area (Å²) in [5.41, 5.74) is 7.92. The van der Waals surface area contributed by atoms with E-state index < -0.39 is 0 Å². The summed E-state index contributed by atoms with van der Waals surface area (Å²) in [6.45, 7) is 0. The molecule has 0 saturated carbocycles. The Hall–Kier alpha value is -3.09. The van der Waals surface area contributed by atoms with Crippen LogP contribution in [-0.2, 0) is 0 Å². The first-order valence-electron chi connectivity index (χ1n) is 5.85. The van der Waals surface area contributed by atoms with Crippen molar-refractivity contribution in [3.8, 4) is 5.69 Å². The third-order valence-electron chi connectivity index (χ3n) is 2.70. The molecule has 0 spiro atoms. The molecule has 3 N–H and O–H groups in total. The van der Waals surface area contributed by atoms with Crippen LogP contribution < -0.4 is 11.1 Å². The minimum atomic E-state index is -0.346. The minimum absolute atomic E-state index is 0.273.